The lowest BCUT2D eigenvalue weighted by Gasteiger charge is -2.25. The summed E-state index contributed by atoms with van der Waals surface area (Å²) < 4.78 is 1.19. The minimum atomic E-state index is 0. The van der Waals surface area contributed by atoms with Crippen molar-refractivity contribution in [2.75, 3.05) is 6.54 Å². The van der Waals surface area contributed by atoms with E-state index in [1.165, 1.54) is 22.0 Å². The van der Waals surface area contributed by atoms with Crippen LogP contribution in [0.25, 0.3) is 0 Å². The fraction of sp³-hybridized carbons (Fsp3) is 0.500. The Balaban J connectivity index is 0.00000112. The van der Waals surface area contributed by atoms with Crippen LogP contribution >= 0.6 is 28.3 Å². The quantitative estimate of drug-likeness (QED) is 0.769. The Labute approximate surface area is 106 Å². The predicted molar refractivity (Wildman–Crippen MR) is 70.7 cm³/mol. The smallest absolute Gasteiger partial charge is 0.0208 e. The summed E-state index contributed by atoms with van der Waals surface area (Å²) in [5.74, 6) is 0. The second-order valence-electron chi connectivity index (χ2n) is 4.61. The van der Waals surface area contributed by atoms with Gasteiger partial charge < -0.3 is 5.32 Å². The number of nitrogens with one attached hydrogen (secondary N) is 1. The zero-order valence-corrected chi connectivity index (χ0v) is 11.5. The first-order valence-corrected chi connectivity index (χ1v) is 5.88. The number of hydrogen-bond acceptors (Lipinski definition) is 1. The summed E-state index contributed by atoms with van der Waals surface area (Å²) in [4.78, 5) is 0. The van der Waals surface area contributed by atoms with Crippen LogP contribution in [-0.4, -0.2) is 6.54 Å². The van der Waals surface area contributed by atoms with Crippen LogP contribution in [-0.2, 0) is 12.0 Å². The largest absolute Gasteiger partial charge is 0.313 e. The van der Waals surface area contributed by atoms with E-state index in [4.69, 9.17) is 0 Å². The van der Waals surface area contributed by atoms with Crippen molar-refractivity contribution in [3.8, 4) is 0 Å². The molecule has 0 aromatic heterocycles. The molecule has 1 aliphatic rings. The Morgan fingerprint density at radius 2 is 2.07 bits per heavy atom. The van der Waals surface area contributed by atoms with Crippen LogP contribution in [0.3, 0.4) is 0 Å². The summed E-state index contributed by atoms with van der Waals surface area (Å²) in [7, 11) is 0. The van der Waals surface area contributed by atoms with Crippen molar-refractivity contribution in [1.29, 1.82) is 0 Å². The van der Waals surface area contributed by atoms with Crippen molar-refractivity contribution in [2.45, 2.75) is 32.2 Å². The molecule has 1 aromatic rings. The van der Waals surface area contributed by atoms with E-state index in [1.807, 2.05) is 0 Å². The maximum atomic E-state index is 3.55. The first-order chi connectivity index (χ1) is 6.59. The fourth-order valence-electron chi connectivity index (χ4n) is 2.09. The number of benzene rings is 1. The van der Waals surface area contributed by atoms with Crippen LogP contribution in [0.15, 0.2) is 22.7 Å². The van der Waals surface area contributed by atoms with Crippen molar-refractivity contribution in [3.63, 3.8) is 0 Å². The van der Waals surface area contributed by atoms with Gasteiger partial charge in [0.1, 0.15) is 0 Å². The molecule has 15 heavy (non-hydrogen) atoms. The third kappa shape index (κ3) is 2.74. The summed E-state index contributed by atoms with van der Waals surface area (Å²) in [6.07, 6.45) is 1.20. The summed E-state index contributed by atoms with van der Waals surface area (Å²) in [5, 5.41) is 3.46. The van der Waals surface area contributed by atoms with Crippen molar-refractivity contribution >= 4 is 28.3 Å². The molecule has 1 N–H and O–H groups in total. The molecule has 1 heterocycles. The average molecular weight is 291 g/mol. The van der Waals surface area contributed by atoms with Crippen LogP contribution in [0.4, 0.5) is 0 Å². The molecule has 0 fully saturated rings. The average Bonchev–Trinajstić information content (AvgIpc) is 2.26. The third-order valence-electron chi connectivity index (χ3n) is 3.04. The molecule has 0 unspecified atom stereocenters. The third-order valence-corrected chi connectivity index (χ3v) is 3.54. The summed E-state index contributed by atoms with van der Waals surface area (Å²) in [5.41, 5.74) is 3.22. The Kier molecular flexibility index (Phi) is 4.21. The van der Waals surface area contributed by atoms with E-state index >= 15 is 0 Å². The Morgan fingerprint density at radius 1 is 1.33 bits per heavy atom. The minimum Gasteiger partial charge on any atom is -0.313 e. The van der Waals surface area contributed by atoms with E-state index in [-0.39, 0.29) is 12.4 Å². The maximum absolute atomic E-state index is 3.55. The van der Waals surface area contributed by atoms with E-state index in [1.54, 1.807) is 0 Å². The monoisotopic (exact) mass is 289 g/mol. The highest BCUT2D eigenvalue weighted by molar-refractivity contribution is 9.10. The zero-order chi connectivity index (χ0) is 10.2. The molecule has 0 aliphatic carbocycles. The van der Waals surface area contributed by atoms with Gasteiger partial charge in [-0.3, -0.25) is 0 Å². The fourth-order valence-corrected chi connectivity index (χ4v) is 2.45. The molecule has 0 bridgehead atoms. The van der Waals surface area contributed by atoms with E-state index in [9.17, 15) is 0 Å². The highest BCUT2D eigenvalue weighted by Gasteiger charge is 2.25. The van der Waals surface area contributed by atoms with E-state index < -0.39 is 0 Å². The minimum absolute atomic E-state index is 0. The van der Waals surface area contributed by atoms with Gasteiger partial charge in [-0.2, -0.15) is 0 Å². The summed E-state index contributed by atoms with van der Waals surface area (Å²) in [6, 6.07) is 6.61. The first kappa shape index (κ1) is 13.0. The normalized spacial score (nSPS) is 18.6. The predicted octanol–water partition coefficient (Wildman–Crippen LogP) is 3.64. The lowest BCUT2D eigenvalue weighted by molar-refractivity contribution is 0.477. The second-order valence-corrected chi connectivity index (χ2v) is 5.53. The molecule has 2 rings (SSSR count). The highest BCUT2D eigenvalue weighted by atomic mass is 79.9. The van der Waals surface area contributed by atoms with Crippen molar-refractivity contribution in [3.05, 3.63) is 33.8 Å². The second kappa shape index (κ2) is 4.86. The number of hydrogen-bond donors (Lipinski definition) is 1. The van der Waals surface area contributed by atoms with Crippen LogP contribution in [0.1, 0.15) is 31.4 Å². The molecule has 0 amide bonds. The standard InChI is InChI=1S/C12H16BrN.ClH/c1-12(2)5-6-14-8-9-3-4-10(13)7-11(9)12;/h3-4,7,14H,5-6,8H2,1-2H3;1H. The van der Waals surface area contributed by atoms with Gasteiger partial charge in [0, 0.05) is 11.0 Å². The van der Waals surface area contributed by atoms with Crippen molar-refractivity contribution < 1.29 is 0 Å². The molecular formula is C12H17BrClN. The SMILES string of the molecule is CC1(C)CCNCc2ccc(Br)cc21.Cl. The topological polar surface area (TPSA) is 12.0 Å². The molecular weight excluding hydrogens is 273 g/mol. The molecule has 1 aromatic carbocycles. The van der Waals surface area contributed by atoms with Gasteiger partial charge in [-0.25, -0.2) is 0 Å². The Hall–Kier alpha value is -0.0500. The molecule has 0 saturated carbocycles. The van der Waals surface area contributed by atoms with Gasteiger partial charge in [0.2, 0.25) is 0 Å². The number of fused-ring (bicyclic) bond motifs is 1. The first-order valence-electron chi connectivity index (χ1n) is 5.09. The molecule has 84 valence electrons. The molecule has 0 atom stereocenters. The van der Waals surface area contributed by atoms with Gasteiger partial charge in [-0.15, -0.1) is 12.4 Å². The Bertz CT molecular complexity index is 349. The lowest BCUT2D eigenvalue weighted by atomic mass is 9.80. The number of rotatable bonds is 0. The zero-order valence-electron chi connectivity index (χ0n) is 9.14. The van der Waals surface area contributed by atoms with Crippen LogP contribution < -0.4 is 5.32 Å². The summed E-state index contributed by atoms with van der Waals surface area (Å²) in [6.45, 7) is 6.77. The molecule has 0 saturated heterocycles. The maximum Gasteiger partial charge on any atom is 0.0208 e. The number of halogens is 2. The van der Waals surface area contributed by atoms with Crippen LogP contribution in [0.2, 0.25) is 0 Å². The van der Waals surface area contributed by atoms with Crippen molar-refractivity contribution in [2.24, 2.45) is 0 Å². The highest BCUT2D eigenvalue weighted by Crippen LogP contribution is 2.33. The molecule has 3 heteroatoms. The molecule has 0 radical (unpaired) electrons. The van der Waals surface area contributed by atoms with Gasteiger partial charge in [0.25, 0.3) is 0 Å². The van der Waals surface area contributed by atoms with Gasteiger partial charge >= 0.3 is 0 Å². The molecule has 0 spiro atoms. The van der Waals surface area contributed by atoms with Gasteiger partial charge in [0.05, 0.1) is 0 Å². The van der Waals surface area contributed by atoms with Gasteiger partial charge in [-0.05, 0) is 41.6 Å². The van der Waals surface area contributed by atoms with E-state index in [0.29, 0.717) is 5.41 Å². The van der Waals surface area contributed by atoms with Crippen LogP contribution in [0, 0.1) is 0 Å². The summed E-state index contributed by atoms with van der Waals surface area (Å²) >= 11 is 3.55. The van der Waals surface area contributed by atoms with Gasteiger partial charge in [0.15, 0.2) is 0 Å². The van der Waals surface area contributed by atoms with Crippen molar-refractivity contribution in [1.82, 2.24) is 5.32 Å². The van der Waals surface area contributed by atoms with Crippen LogP contribution in [0.5, 0.6) is 0 Å². The molecule has 1 aliphatic heterocycles. The molecule has 1 nitrogen and oxygen atoms in total. The van der Waals surface area contributed by atoms with E-state index in [2.05, 4.69) is 53.3 Å². The van der Waals surface area contributed by atoms with E-state index in [0.717, 1.165) is 13.1 Å². The lowest BCUT2D eigenvalue weighted by Crippen LogP contribution is -2.20. The Morgan fingerprint density at radius 3 is 2.80 bits per heavy atom. The van der Waals surface area contributed by atoms with Gasteiger partial charge in [-0.1, -0.05) is 35.8 Å².